The topological polar surface area (TPSA) is 217 Å². The van der Waals surface area contributed by atoms with Gasteiger partial charge in [-0.1, -0.05) is 25.9 Å². The van der Waals surface area contributed by atoms with E-state index in [0.29, 0.717) is 18.7 Å². The van der Waals surface area contributed by atoms with Crippen molar-refractivity contribution in [1.29, 1.82) is 0 Å². The molecule has 3 unspecified atom stereocenters. The number of aliphatic hydroxyl groups is 5. The van der Waals surface area contributed by atoms with Crippen LogP contribution in [-0.4, -0.2) is 175 Å². The summed E-state index contributed by atoms with van der Waals surface area (Å²) in [5.41, 5.74) is -4.51. The number of carbonyl (C=O) groups excluding carboxylic acids is 1. The number of rotatable bonds is 12. The summed E-state index contributed by atoms with van der Waals surface area (Å²) in [6.45, 7) is 17.0. The van der Waals surface area contributed by atoms with Gasteiger partial charge in [0.05, 0.1) is 66.6 Å². The fraction of sp³-hybridized carbons (Fsp3) is 0.950. The van der Waals surface area contributed by atoms with Gasteiger partial charge in [-0.3, -0.25) is 4.79 Å². The molecule has 5 N–H and O–H groups in total. The Morgan fingerprint density at radius 2 is 1.53 bits per heavy atom. The summed E-state index contributed by atoms with van der Waals surface area (Å²) in [4.78, 5) is 21.6. The van der Waals surface area contributed by atoms with E-state index in [9.17, 15) is 30.3 Å². The van der Waals surface area contributed by atoms with E-state index < -0.39 is 102 Å². The molecule has 0 aromatic carbocycles. The van der Waals surface area contributed by atoms with Crippen LogP contribution in [0.4, 0.5) is 0 Å². The van der Waals surface area contributed by atoms with E-state index in [1.54, 1.807) is 55.6 Å². The molecule has 0 aromatic rings. The number of ether oxygens (including phenoxy) is 8. The number of methoxy groups -OCH3 is 2. The van der Waals surface area contributed by atoms with Crippen molar-refractivity contribution < 1.29 is 73.1 Å². The minimum atomic E-state index is -1.98. The van der Waals surface area contributed by atoms with Crippen molar-refractivity contribution in [3.05, 3.63) is 0 Å². The molecule has 0 amide bonds. The van der Waals surface area contributed by atoms with Crippen molar-refractivity contribution in [3.63, 3.8) is 0 Å². The largest absolute Gasteiger partial charge is 0.459 e. The zero-order valence-electron chi connectivity index (χ0n) is 36.6. The molecule has 18 atom stereocenters. The summed E-state index contributed by atoms with van der Waals surface area (Å²) >= 11 is 0. The minimum absolute atomic E-state index is 0.0323. The maximum absolute atomic E-state index is 14.2. The van der Waals surface area contributed by atoms with E-state index >= 15 is 0 Å². The van der Waals surface area contributed by atoms with Crippen LogP contribution in [0.5, 0.6) is 0 Å². The van der Waals surface area contributed by atoms with Crippen molar-refractivity contribution in [2.45, 2.75) is 173 Å². The first-order chi connectivity index (χ1) is 26.4. The molecule has 0 aromatic heterocycles. The number of oxime groups is 1. The number of esters is 1. The highest BCUT2D eigenvalue weighted by atomic mass is 16.7. The minimum Gasteiger partial charge on any atom is -0.459 e. The van der Waals surface area contributed by atoms with Crippen LogP contribution < -0.4 is 0 Å². The molecule has 0 saturated carbocycles. The summed E-state index contributed by atoms with van der Waals surface area (Å²) in [6, 6.07) is -0.328. The molecule has 3 heterocycles. The van der Waals surface area contributed by atoms with Crippen molar-refractivity contribution in [2.24, 2.45) is 28.8 Å². The van der Waals surface area contributed by atoms with E-state index in [0.717, 1.165) is 0 Å². The van der Waals surface area contributed by atoms with Crippen molar-refractivity contribution >= 4 is 11.7 Å². The second-order valence-electron chi connectivity index (χ2n) is 17.5. The molecule has 0 bridgehead atoms. The fourth-order valence-electron chi connectivity index (χ4n) is 8.52. The van der Waals surface area contributed by atoms with Crippen LogP contribution >= 0.6 is 0 Å². The van der Waals surface area contributed by atoms with Gasteiger partial charge < -0.3 is 73.2 Å². The summed E-state index contributed by atoms with van der Waals surface area (Å²) < 4.78 is 47.8. The lowest BCUT2D eigenvalue weighted by molar-refractivity contribution is -0.317. The van der Waals surface area contributed by atoms with Gasteiger partial charge in [-0.05, 0) is 75.4 Å². The molecular formula is C40H74N2O15. The molecule has 3 saturated heterocycles. The van der Waals surface area contributed by atoms with Gasteiger partial charge in [0.25, 0.3) is 0 Å². The molecule has 3 aliphatic rings. The first-order valence-corrected chi connectivity index (χ1v) is 20.2. The third-order valence-corrected chi connectivity index (χ3v) is 12.4. The normalized spacial score (nSPS) is 46.4. The van der Waals surface area contributed by atoms with Crippen LogP contribution in [0.1, 0.15) is 88.5 Å². The Bertz CT molecular complexity index is 1290. The number of cyclic esters (lactones) is 1. The van der Waals surface area contributed by atoms with Crippen LogP contribution in [0.2, 0.25) is 0 Å². The zero-order valence-corrected chi connectivity index (χ0v) is 36.6. The quantitative estimate of drug-likeness (QED) is 0.0821. The van der Waals surface area contributed by atoms with E-state index in [-0.39, 0.29) is 38.4 Å². The SMILES string of the molecule is COCCOCO/N=C1\[C@H](C)C[C@@](C)(O)[C@H](O[C@@H]2O[C@H](C)CC(N(C)C)C2O)[C@@H](C)[C@H](O[C@H]2CC(C)(OC)[C@@H](O)[C@@H](C)O2)[C@@H](C)C(=O)O[C@H](C)[C@@](C)(O)[C@H](O)[C@H]1C. The molecule has 334 valence electrons. The van der Waals surface area contributed by atoms with Crippen LogP contribution in [-0.2, 0) is 47.5 Å². The van der Waals surface area contributed by atoms with Crippen molar-refractivity contribution in [1.82, 2.24) is 4.90 Å². The third-order valence-electron chi connectivity index (χ3n) is 12.4. The van der Waals surface area contributed by atoms with Gasteiger partial charge in [-0.15, -0.1) is 0 Å². The van der Waals surface area contributed by atoms with Gasteiger partial charge in [-0.25, -0.2) is 0 Å². The van der Waals surface area contributed by atoms with Gasteiger partial charge in [-0.2, -0.15) is 0 Å². The Balaban J connectivity index is 2.19. The van der Waals surface area contributed by atoms with Gasteiger partial charge >= 0.3 is 5.97 Å². The summed E-state index contributed by atoms with van der Waals surface area (Å²) in [5, 5.41) is 63.1. The van der Waals surface area contributed by atoms with E-state index in [1.165, 1.54) is 21.0 Å². The van der Waals surface area contributed by atoms with Crippen molar-refractivity contribution in [2.75, 3.05) is 48.3 Å². The maximum atomic E-state index is 14.2. The molecule has 0 aliphatic carbocycles. The number of aliphatic hydroxyl groups excluding tert-OH is 3. The lowest BCUT2D eigenvalue weighted by atomic mass is 9.74. The lowest BCUT2D eigenvalue weighted by Crippen LogP contribution is -2.61. The molecule has 3 fully saturated rings. The number of hydrogen-bond acceptors (Lipinski definition) is 17. The predicted molar refractivity (Wildman–Crippen MR) is 208 cm³/mol. The molecule has 57 heavy (non-hydrogen) atoms. The Labute approximate surface area is 339 Å². The Hall–Kier alpha value is -1.58. The highest BCUT2D eigenvalue weighted by Crippen LogP contribution is 2.40. The first-order valence-electron chi connectivity index (χ1n) is 20.2. The van der Waals surface area contributed by atoms with Gasteiger partial charge in [0.1, 0.15) is 23.9 Å². The molecule has 17 heteroatoms. The summed E-state index contributed by atoms with van der Waals surface area (Å²) in [6.07, 6.45) is -9.70. The number of likely N-dealkylation sites (N-methyl/N-ethyl adjacent to an activating group) is 1. The average molecular weight is 823 g/mol. The first kappa shape index (κ1) is 49.8. The van der Waals surface area contributed by atoms with Crippen LogP contribution in [0.3, 0.4) is 0 Å². The third kappa shape index (κ3) is 12.0. The Morgan fingerprint density at radius 3 is 2.12 bits per heavy atom. The Morgan fingerprint density at radius 1 is 0.877 bits per heavy atom. The highest BCUT2D eigenvalue weighted by Gasteiger charge is 2.53. The Kier molecular flexibility index (Phi) is 18.2. The van der Waals surface area contributed by atoms with Crippen LogP contribution in [0.25, 0.3) is 0 Å². The second-order valence-corrected chi connectivity index (χ2v) is 17.5. The predicted octanol–water partition coefficient (Wildman–Crippen LogP) is 1.82. The fourth-order valence-corrected chi connectivity index (χ4v) is 8.52. The van der Waals surface area contributed by atoms with Crippen LogP contribution in [0.15, 0.2) is 5.16 Å². The van der Waals surface area contributed by atoms with Crippen LogP contribution in [0, 0.1) is 23.7 Å². The van der Waals surface area contributed by atoms with Crippen molar-refractivity contribution in [3.8, 4) is 0 Å². The molecular weight excluding hydrogens is 748 g/mol. The highest BCUT2D eigenvalue weighted by molar-refractivity contribution is 5.88. The molecule has 0 radical (unpaired) electrons. The van der Waals surface area contributed by atoms with Gasteiger partial charge in [0.15, 0.2) is 12.6 Å². The number of nitrogens with zero attached hydrogens (tertiary/aromatic N) is 2. The average Bonchev–Trinajstić information content (AvgIpc) is 3.13. The monoisotopic (exact) mass is 823 g/mol. The summed E-state index contributed by atoms with van der Waals surface area (Å²) in [5.74, 6) is -4.16. The zero-order chi connectivity index (χ0) is 43.2. The van der Waals surface area contributed by atoms with Gasteiger partial charge in [0, 0.05) is 44.4 Å². The van der Waals surface area contributed by atoms with E-state index in [4.69, 9.17) is 42.7 Å². The maximum Gasteiger partial charge on any atom is 0.311 e. The molecule has 3 aliphatic heterocycles. The smallest absolute Gasteiger partial charge is 0.311 e. The molecule has 17 nitrogen and oxygen atoms in total. The second kappa shape index (κ2) is 20.8. The molecule has 0 spiro atoms. The van der Waals surface area contributed by atoms with Gasteiger partial charge in [0.2, 0.25) is 6.79 Å². The molecule has 3 rings (SSSR count). The number of hydrogen-bond donors (Lipinski definition) is 5. The summed E-state index contributed by atoms with van der Waals surface area (Å²) in [7, 11) is 6.75. The lowest BCUT2D eigenvalue weighted by Gasteiger charge is -2.49. The van der Waals surface area contributed by atoms with E-state index in [1.807, 2.05) is 25.9 Å². The standard InChI is InChI=1S/C40H74N2O15/c1-21-18-38(8,47)35(57-37-31(43)28(42(11)12)17-22(2)53-37)24(4)32(56-29-19-39(9,50-14)34(45)26(6)54-29)25(5)36(46)55-27(7)40(10,48)33(44)23(3)30(21)41-52-20-51-16-15-49-13/h21-29,31-35,37,43-45,47-48H,15-20H2,1-14H3/b41-30+/t21-,22-,23+,24+,25-,26-,27-,28?,29+,31?,32+,33-,34+,35-,37+,38-,39?,40-/m1/s1. The van der Waals surface area contributed by atoms with E-state index in [2.05, 4.69) is 5.16 Å². The number of carbonyl (C=O) groups is 1.